The highest BCUT2D eigenvalue weighted by Gasteiger charge is 2.37. The third-order valence-electron chi connectivity index (χ3n) is 4.06. The molecule has 2 atom stereocenters. The van der Waals surface area contributed by atoms with Crippen molar-refractivity contribution in [2.75, 3.05) is 12.3 Å². The summed E-state index contributed by atoms with van der Waals surface area (Å²) in [5, 5.41) is 9.10. The summed E-state index contributed by atoms with van der Waals surface area (Å²) in [4.78, 5) is 14.5. The summed E-state index contributed by atoms with van der Waals surface area (Å²) >= 11 is 0. The van der Waals surface area contributed by atoms with Crippen LogP contribution in [0, 0.1) is 24.2 Å². The molecule has 1 amide bonds. The third kappa shape index (κ3) is 2.62. The predicted molar refractivity (Wildman–Crippen MR) is 79.0 cm³/mol. The van der Waals surface area contributed by atoms with Crippen molar-refractivity contribution in [3.05, 3.63) is 29.3 Å². The first-order valence-corrected chi connectivity index (χ1v) is 7.15. The average Bonchev–Trinajstić information content (AvgIpc) is 2.40. The highest BCUT2D eigenvalue weighted by molar-refractivity contribution is 5.95. The largest absolute Gasteiger partial charge is 0.398 e. The van der Waals surface area contributed by atoms with Gasteiger partial charge in [-0.3, -0.25) is 4.79 Å². The van der Waals surface area contributed by atoms with Crippen molar-refractivity contribution in [1.82, 2.24) is 4.90 Å². The third-order valence-corrected chi connectivity index (χ3v) is 4.06. The Kier molecular flexibility index (Phi) is 4.29. The van der Waals surface area contributed by atoms with Crippen LogP contribution in [0.4, 0.5) is 5.69 Å². The molecule has 0 heterocycles. The molecule has 4 heteroatoms. The number of carbonyl (C=O) groups is 1. The van der Waals surface area contributed by atoms with Crippen molar-refractivity contribution >= 4 is 11.6 Å². The maximum atomic E-state index is 12.7. The molecule has 1 unspecified atom stereocenters. The van der Waals surface area contributed by atoms with Gasteiger partial charge in [-0.15, -0.1) is 0 Å². The van der Waals surface area contributed by atoms with Gasteiger partial charge in [-0.25, -0.2) is 0 Å². The lowest BCUT2D eigenvalue weighted by Crippen LogP contribution is -2.49. The standard InChI is InChI=1S/C16H21N3O/c1-3-8-19(15-7-6-13(15)10-17)16(20)12-5-4-11(2)14(18)9-12/h4-5,9,13,15H,3,6-8,18H2,1-2H3/t13-,15?/m1/s1. The van der Waals surface area contributed by atoms with Crippen molar-refractivity contribution in [1.29, 1.82) is 5.26 Å². The van der Waals surface area contributed by atoms with Crippen LogP contribution in [0.5, 0.6) is 0 Å². The van der Waals surface area contributed by atoms with Gasteiger partial charge in [-0.1, -0.05) is 13.0 Å². The van der Waals surface area contributed by atoms with Gasteiger partial charge in [0.05, 0.1) is 12.0 Å². The average molecular weight is 271 g/mol. The molecule has 1 fully saturated rings. The SMILES string of the molecule is CCCN(C(=O)c1ccc(C)c(N)c1)C1CC[C@@H]1C#N. The molecule has 2 rings (SSSR count). The molecule has 0 radical (unpaired) electrons. The van der Waals surface area contributed by atoms with E-state index in [4.69, 9.17) is 11.0 Å². The molecule has 1 aliphatic carbocycles. The summed E-state index contributed by atoms with van der Waals surface area (Å²) in [7, 11) is 0. The zero-order valence-corrected chi connectivity index (χ0v) is 12.1. The Hall–Kier alpha value is -2.02. The van der Waals surface area contributed by atoms with Gasteiger partial charge in [0.25, 0.3) is 5.91 Å². The minimum absolute atomic E-state index is 0.0106. The first kappa shape index (κ1) is 14.4. The van der Waals surface area contributed by atoms with Gasteiger partial charge in [-0.05, 0) is 43.9 Å². The smallest absolute Gasteiger partial charge is 0.254 e. The van der Waals surface area contributed by atoms with Crippen LogP contribution in [0.25, 0.3) is 0 Å². The van der Waals surface area contributed by atoms with Gasteiger partial charge in [0.15, 0.2) is 0 Å². The zero-order valence-electron chi connectivity index (χ0n) is 12.1. The molecule has 20 heavy (non-hydrogen) atoms. The van der Waals surface area contributed by atoms with E-state index >= 15 is 0 Å². The fraction of sp³-hybridized carbons (Fsp3) is 0.500. The predicted octanol–water partition coefficient (Wildman–Crippen LogP) is 2.73. The molecular weight excluding hydrogens is 250 g/mol. The summed E-state index contributed by atoms with van der Waals surface area (Å²) in [6.45, 7) is 4.66. The van der Waals surface area contributed by atoms with Crippen molar-refractivity contribution in [3.63, 3.8) is 0 Å². The lowest BCUT2D eigenvalue weighted by molar-refractivity contribution is 0.0491. The van der Waals surface area contributed by atoms with Gasteiger partial charge in [0.1, 0.15) is 0 Å². The molecule has 0 aliphatic heterocycles. The fourth-order valence-corrected chi connectivity index (χ4v) is 2.60. The summed E-state index contributed by atoms with van der Waals surface area (Å²) in [5.41, 5.74) is 8.11. The van der Waals surface area contributed by atoms with E-state index in [0.29, 0.717) is 17.8 Å². The Bertz CT molecular complexity index is 547. The number of hydrogen-bond acceptors (Lipinski definition) is 3. The van der Waals surface area contributed by atoms with E-state index in [1.807, 2.05) is 30.9 Å². The molecule has 0 bridgehead atoms. The molecule has 0 spiro atoms. The summed E-state index contributed by atoms with van der Waals surface area (Å²) in [6, 6.07) is 7.79. The van der Waals surface area contributed by atoms with E-state index in [-0.39, 0.29) is 17.9 Å². The topological polar surface area (TPSA) is 70.1 Å². The molecule has 1 aliphatic rings. The lowest BCUT2D eigenvalue weighted by Gasteiger charge is -2.41. The van der Waals surface area contributed by atoms with Crippen molar-refractivity contribution in [3.8, 4) is 6.07 Å². The number of nitriles is 1. The second-order valence-electron chi connectivity index (χ2n) is 5.45. The molecule has 0 aromatic heterocycles. The first-order valence-electron chi connectivity index (χ1n) is 7.15. The van der Waals surface area contributed by atoms with Crippen LogP contribution in [-0.4, -0.2) is 23.4 Å². The molecule has 2 N–H and O–H groups in total. The van der Waals surface area contributed by atoms with Crippen LogP contribution < -0.4 is 5.73 Å². The van der Waals surface area contributed by atoms with Crippen molar-refractivity contribution in [2.24, 2.45) is 5.92 Å². The number of nitrogens with two attached hydrogens (primary N) is 1. The van der Waals surface area contributed by atoms with E-state index in [0.717, 1.165) is 24.8 Å². The van der Waals surface area contributed by atoms with Crippen LogP contribution in [0.1, 0.15) is 42.1 Å². The molecule has 0 saturated heterocycles. The van der Waals surface area contributed by atoms with Gasteiger partial charge >= 0.3 is 0 Å². The number of nitrogen functional groups attached to an aromatic ring is 1. The van der Waals surface area contributed by atoms with Crippen LogP contribution >= 0.6 is 0 Å². The van der Waals surface area contributed by atoms with E-state index in [1.54, 1.807) is 6.07 Å². The number of anilines is 1. The fourth-order valence-electron chi connectivity index (χ4n) is 2.60. The van der Waals surface area contributed by atoms with Gasteiger partial charge in [0.2, 0.25) is 0 Å². The van der Waals surface area contributed by atoms with Crippen LogP contribution in [0.3, 0.4) is 0 Å². The highest BCUT2D eigenvalue weighted by Crippen LogP contribution is 2.32. The molecule has 106 valence electrons. The monoisotopic (exact) mass is 271 g/mol. The molecular formula is C16H21N3O. The summed E-state index contributed by atoms with van der Waals surface area (Å²) < 4.78 is 0. The quantitative estimate of drug-likeness (QED) is 0.856. The van der Waals surface area contributed by atoms with Gasteiger partial charge in [0, 0.05) is 23.8 Å². The van der Waals surface area contributed by atoms with Crippen LogP contribution in [-0.2, 0) is 0 Å². The first-order chi connectivity index (χ1) is 9.58. The molecule has 4 nitrogen and oxygen atoms in total. The van der Waals surface area contributed by atoms with Crippen molar-refractivity contribution < 1.29 is 4.79 Å². The number of rotatable bonds is 4. The Balaban J connectivity index is 2.22. The molecule has 1 aromatic rings. The normalized spacial score (nSPS) is 20.9. The number of aryl methyl sites for hydroxylation is 1. The lowest BCUT2D eigenvalue weighted by atomic mass is 9.79. The minimum atomic E-state index is -0.0201. The number of amides is 1. The number of hydrogen-bond donors (Lipinski definition) is 1. The van der Waals surface area contributed by atoms with E-state index < -0.39 is 0 Å². The Morgan fingerprint density at radius 3 is 2.75 bits per heavy atom. The van der Waals surface area contributed by atoms with Crippen LogP contribution in [0.2, 0.25) is 0 Å². The van der Waals surface area contributed by atoms with Crippen LogP contribution in [0.15, 0.2) is 18.2 Å². The Morgan fingerprint density at radius 1 is 1.50 bits per heavy atom. The van der Waals surface area contributed by atoms with Crippen molar-refractivity contribution in [2.45, 2.75) is 39.2 Å². The zero-order chi connectivity index (χ0) is 14.7. The Labute approximate surface area is 120 Å². The maximum absolute atomic E-state index is 12.7. The summed E-state index contributed by atoms with van der Waals surface area (Å²) in [6.07, 6.45) is 2.71. The number of nitrogens with zero attached hydrogens (tertiary/aromatic N) is 2. The maximum Gasteiger partial charge on any atom is 0.254 e. The molecule has 1 aromatic carbocycles. The van der Waals surface area contributed by atoms with E-state index in [9.17, 15) is 4.79 Å². The second-order valence-corrected chi connectivity index (χ2v) is 5.45. The number of benzene rings is 1. The van der Waals surface area contributed by atoms with E-state index in [1.165, 1.54) is 0 Å². The van der Waals surface area contributed by atoms with E-state index in [2.05, 4.69) is 6.07 Å². The highest BCUT2D eigenvalue weighted by atomic mass is 16.2. The second kappa shape index (κ2) is 5.96. The molecule has 1 saturated carbocycles. The Morgan fingerprint density at radius 2 is 2.25 bits per heavy atom. The van der Waals surface area contributed by atoms with Gasteiger partial charge < -0.3 is 10.6 Å². The minimum Gasteiger partial charge on any atom is -0.398 e. The van der Waals surface area contributed by atoms with Gasteiger partial charge in [-0.2, -0.15) is 5.26 Å². The summed E-state index contributed by atoms with van der Waals surface area (Å²) in [5.74, 6) is -0.0307. The number of carbonyl (C=O) groups excluding carboxylic acids is 1.